The molecule has 0 atom stereocenters. The minimum absolute atomic E-state index is 0.212. The first kappa shape index (κ1) is 13.0. The van der Waals surface area contributed by atoms with Crippen LogP contribution in [0.2, 0.25) is 0 Å². The molecule has 0 aromatic carbocycles. The van der Waals surface area contributed by atoms with E-state index in [2.05, 4.69) is 4.98 Å². The molecule has 0 fully saturated rings. The maximum Gasteiger partial charge on any atom is 0.281 e. The van der Waals surface area contributed by atoms with Crippen molar-refractivity contribution in [2.75, 3.05) is 0 Å². The van der Waals surface area contributed by atoms with E-state index in [-0.39, 0.29) is 9.13 Å². The summed E-state index contributed by atoms with van der Waals surface area (Å²) in [5.74, 6) is 0. The van der Waals surface area contributed by atoms with Gasteiger partial charge in [0, 0.05) is 14.3 Å². The molecule has 0 unspecified atom stereocenters. The van der Waals surface area contributed by atoms with Gasteiger partial charge in [0.2, 0.25) is 0 Å². The molecule has 0 aliphatic rings. The maximum absolute atomic E-state index is 12.4. The number of pyridine rings is 1. The summed E-state index contributed by atoms with van der Waals surface area (Å²) in [5, 5.41) is -0.514. The standard InChI is InChI=1S/C7H5ClF2INO2S/c1-3-2-4(11)5(6(9)10)12-7(3)15(8,13)14/h2,6H,1H3. The summed E-state index contributed by atoms with van der Waals surface area (Å²) >= 11 is 1.67. The van der Waals surface area contributed by atoms with Crippen LogP contribution in [0.5, 0.6) is 0 Å². The van der Waals surface area contributed by atoms with Gasteiger partial charge in [-0.25, -0.2) is 22.2 Å². The van der Waals surface area contributed by atoms with Crippen LogP contribution in [-0.2, 0) is 9.05 Å². The Morgan fingerprint density at radius 3 is 2.47 bits per heavy atom. The largest absolute Gasteiger partial charge is 0.281 e. The second kappa shape index (κ2) is 4.46. The molecule has 0 radical (unpaired) electrons. The third-order valence-electron chi connectivity index (χ3n) is 1.58. The SMILES string of the molecule is Cc1cc(I)c(C(F)F)nc1S(=O)(=O)Cl. The van der Waals surface area contributed by atoms with Crippen LogP contribution in [0.15, 0.2) is 11.1 Å². The number of hydrogen-bond donors (Lipinski definition) is 0. The molecule has 0 bridgehead atoms. The Morgan fingerprint density at radius 2 is 2.07 bits per heavy atom. The summed E-state index contributed by atoms with van der Waals surface area (Å²) in [6.07, 6.45) is -2.82. The summed E-state index contributed by atoms with van der Waals surface area (Å²) < 4.78 is 47.0. The second-order valence-corrected chi connectivity index (χ2v) is 6.36. The highest BCUT2D eigenvalue weighted by molar-refractivity contribution is 14.1. The van der Waals surface area contributed by atoms with Gasteiger partial charge in [0.15, 0.2) is 5.03 Å². The van der Waals surface area contributed by atoms with E-state index >= 15 is 0 Å². The fraction of sp³-hybridized carbons (Fsp3) is 0.286. The molecule has 3 nitrogen and oxygen atoms in total. The van der Waals surface area contributed by atoms with Crippen molar-refractivity contribution in [2.24, 2.45) is 0 Å². The van der Waals surface area contributed by atoms with Crippen LogP contribution in [0.4, 0.5) is 8.78 Å². The van der Waals surface area contributed by atoms with Crippen molar-refractivity contribution in [3.05, 3.63) is 20.9 Å². The monoisotopic (exact) mass is 367 g/mol. The predicted octanol–water partition coefficient (Wildman–Crippen LogP) is 2.86. The molecule has 15 heavy (non-hydrogen) atoms. The molecule has 0 saturated heterocycles. The topological polar surface area (TPSA) is 47.0 Å². The summed E-state index contributed by atoms with van der Waals surface area (Å²) in [7, 11) is 0.973. The Morgan fingerprint density at radius 1 is 1.53 bits per heavy atom. The van der Waals surface area contributed by atoms with Crippen molar-refractivity contribution >= 4 is 42.3 Å². The molecule has 0 aliphatic carbocycles. The highest BCUT2D eigenvalue weighted by Crippen LogP contribution is 2.27. The minimum Gasteiger partial charge on any atom is -0.233 e. The zero-order valence-electron chi connectivity index (χ0n) is 7.34. The van der Waals surface area contributed by atoms with E-state index in [0.717, 1.165) is 0 Å². The Hall–Kier alpha value is -0.0200. The lowest BCUT2D eigenvalue weighted by molar-refractivity contribution is 0.144. The summed E-state index contributed by atoms with van der Waals surface area (Å²) in [5.41, 5.74) is -0.320. The van der Waals surface area contributed by atoms with Gasteiger partial charge in [0.05, 0.1) is 0 Å². The normalized spacial score (nSPS) is 12.1. The molecule has 1 rings (SSSR count). The fourth-order valence-corrected chi connectivity index (χ4v) is 2.92. The van der Waals surface area contributed by atoms with Crippen LogP contribution in [-0.4, -0.2) is 13.4 Å². The molecule has 0 N–H and O–H groups in total. The first-order valence-corrected chi connectivity index (χ1v) is 7.02. The number of rotatable bonds is 2. The van der Waals surface area contributed by atoms with Crippen LogP contribution in [0.25, 0.3) is 0 Å². The average Bonchev–Trinajstić information content (AvgIpc) is 2.00. The Bertz CT molecular complexity index is 492. The van der Waals surface area contributed by atoms with E-state index in [1.807, 2.05) is 0 Å². The van der Waals surface area contributed by atoms with Crippen LogP contribution >= 0.6 is 33.3 Å². The van der Waals surface area contributed by atoms with Gasteiger partial charge in [-0.05, 0) is 41.1 Å². The average molecular weight is 368 g/mol. The van der Waals surface area contributed by atoms with Gasteiger partial charge in [-0.1, -0.05) is 0 Å². The van der Waals surface area contributed by atoms with E-state index in [1.54, 1.807) is 22.6 Å². The quantitative estimate of drug-likeness (QED) is 0.596. The summed E-state index contributed by atoms with van der Waals surface area (Å²) in [6, 6.07) is 1.31. The molecule has 84 valence electrons. The van der Waals surface area contributed by atoms with E-state index in [9.17, 15) is 17.2 Å². The number of aryl methyl sites for hydroxylation is 1. The summed E-state index contributed by atoms with van der Waals surface area (Å²) in [4.78, 5) is 3.37. The van der Waals surface area contributed by atoms with Gasteiger partial charge in [0.1, 0.15) is 5.69 Å². The van der Waals surface area contributed by atoms with Crippen molar-refractivity contribution in [1.29, 1.82) is 0 Å². The number of halogens is 4. The van der Waals surface area contributed by atoms with Crippen molar-refractivity contribution < 1.29 is 17.2 Å². The molecule has 8 heteroatoms. The lowest BCUT2D eigenvalue weighted by Gasteiger charge is -2.06. The fourth-order valence-electron chi connectivity index (χ4n) is 0.977. The molecule has 0 saturated carbocycles. The van der Waals surface area contributed by atoms with Crippen LogP contribution in [0.3, 0.4) is 0 Å². The van der Waals surface area contributed by atoms with E-state index in [0.29, 0.717) is 0 Å². The van der Waals surface area contributed by atoms with Crippen molar-refractivity contribution in [3.63, 3.8) is 0 Å². The molecular weight excluding hydrogens is 363 g/mol. The molecule has 0 aliphatic heterocycles. The first-order chi connectivity index (χ1) is 6.73. The van der Waals surface area contributed by atoms with E-state index in [4.69, 9.17) is 10.7 Å². The predicted molar refractivity (Wildman–Crippen MR) is 59.7 cm³/mol. The van der Waals surface area contributed by atoms with Crippen molar-refractivity contribution in [2.45, 2.75) is 18.4 Å². The molecular formula is C7H5ClF2INO2S. The molecule has 1 aromatic heterocycles. The van der Waals surface area contributed by atoms with Crippen LogP contribution < -0.4 is 0 Å². The number of aromatic nitrogens is 1. The Balaban J connectivity index is 3.50. The van der Waals surface area contributed by atoms with Crippen molar-refractivity contribution in [3.8, 4) is 0 Å². The van der Waals surface area contributed by atoms with Gasteiger partial charge in [-0.2, -0.15) is 0 Å². The second-order valence-electron chi connectivity index (χ2n) is 2.72. The molecule has 1 heterocycles. The molecule has 0 spiro atoms. The van der Waals surface area contributed by atoms with Gasteiger partial charge >= 0.3 is 0 Å². The minimum atomic E-state index is -4.08. The van der Waals surface area contributed by atoms with Crippen LogP contribution in [0.1, 0.15) is 17.7 Å². The summed E-state index contributed by atoms with van der Waals surface area (Å²) in [6.45, 7) is 1.44. The lowest BCUT2D eigenvalue weighted by atomic mass is 10.3. The number of nitrogens with zero attached hydrogens (tertiary/aromatic N) is 1. The highest BCUT2D eigenvalue weighted by atomic mass is 127. The van der Waals surface area contributed by atoms with Gasteiger partial charge in [-0.15, -0.1) is 0 Å². The number of hydrogen-bond acceptors (Lipinski definition) is 3. The maximum atomic E-state index is 12.4. The Kier molecular flexibility index (Phi) is 3.88. The zero-order chi connectivity index (χ0) is 11.8. The van der Waals surface area contributed by atoms with Gasteiger partial charge in [-0.3, -0.25) is 0 Å². The van der Waals surface area contributed by atoms with Crippen molar-refractivity contribution in [1.82, 2.24) is 4.98 Å². The first-order valence-electron chi connectivity index (χ1n) is 3.63. The smallest absolute Gasteiger partial charge is 0.233 e. The lowest BCUT2D eigenvalue weighted by Crippen LogP contribution is -2.04. The highest BCUT2D eigenvalue weighted by Gasteiger charge is 2.21. The van der Waals surface area contributed by atoms with E-state index < -0.39 is 26.2 Å². The zero-order valence-corrected chi connectivity index (χ0v) is 11.1. The molecule has 0 amide bonds. The third kappa shape index (κ3) is 2.97. The van der Waals surface area contributed by atoms with Gasteiger partial charge in [0.25, 0.3) is 15.5 Å². The third-order valence-corrected chi connectivity index (χ3v) is 3.76. The molecule has 1 aromatic rings. The van der Waals surface area contributed by atoms with Crippen LogP contribution in [0, 0.1) is 10.5 Å². The Labute approximate surface area is 103 Å². The van der Waals surface area contributed by atoms with Gasteiger partial charge < -0.3 is 0 Å². The van der Waals surface area contributed by atoms with E-state index in [1.165, 1.54) is 13.0 Å². The number of alkyl halides is 2.